The average Bonchev–Trinajstić information content (AvgIpc) is 3.12. The minimum Gasteiger partial charge on any atom is -0.335 e. The Labute approximate surface area is 97.8 Å². The summed E-state index contributed by atoms with van der Waals surface area (Å²) in [5.74, 6) is 0. The lowest BCUT2D eigenvalue weighted by Crippen LogP contribution is -2.60. The fraction of sp³-hybridized carbons (Fsp3) is 0.917. The van der Waals surface area contributed by atoms with E-state index in [0.717, 1.165) is 38.8 Å². The lowest BCUT2D eigenvalue weighted by Gasteiger charge is -2.39. The van der Waals surface area contributed by atoms with Gasteiger partial charge in [-0.3, -0.25) is 0 Å². The number of amides is 2. The Kier molecular flexibility index (Phi) is 3.69. The second-order valence-electron chi connectivity index (χ2n) is 4.95. The van der Waals surface area contributed by atoms with Gasteiger partial charge in [-0.15, -0.1) is 0 Å². The molecule has 0 radical (unpaired) electrons. The van der Waals surface area contributed by atoms with Crippen LogP contribution in [0.2, 0.25) is 0 Å². The maximum Gasteiger partial charge on any atom is 0.317 e. The van der Waals surface area contributed by atoms with E-state index in [1.54, 1.807) is 0 Å². The second kappa shape index (κ2) is 5.04. The molecule has 1 heterocycles. The highest BCUT2D eigenvalue weighted by Gasteiger charge is 2.32. The zero-order valence-electron chi connectivity index (χ0n) is 10.3. The number of rotatable bonds is 3. The lowest BCUT2D eigenvalue weighted by atomic mass is 10.1. The number of nitrogens with zero attached hydrogens (tertiary/aromatic N) is 1. The van der Waals surface area contributed by atoms with Crippen molar-refractivity contribution in [1.29, 1.82) is 0 Å². The van der Waals surface area contributed by atoms with Gasteiger partial charge < -0.3 is 15.5 Å². The Balaban J connectivity index is 1.92. The summed E-state index contributed by atoms with van der Waals surface area (Å²) >= 11 is 0. The van der Waals surface area contributed by atoms with Crippen LogP contribution in [0.3, 0.4) is 0 Å². The third-order valence-electron chi connectivity index (χ3n) is 3.63. The van der Waals surface area contributed by atoms with Crippen molar-refractivity contribution in [3.8, 4) is 0 Å². The third-order valence-corrected chi connectivity index (χ3v) is 3.63. The number of urea groups is 1. The van der Waals surface area contributed by atoms with E-state index in [-0.39, 0.29) is 6.03 Å². The number of nitrogens with one attached hydrogen (secondary N) is 2. The highest BCUT2D eigenvalue weighted by Crippen LogP contribution is 2.20. The Hall–Kier alpha value is -0.770. The molecule has 1 saturated carbocycles. The van der Waals surface area contributed by atoms with Crippen LogP contribution in [0.1, 0.15) is 39.5 Å². The molecule has 4 heteroatoms. The van der Waals surface area contributed by atoms with E-state index in [9.17, 15) is 4.79 Å². The fourth-order valence-electron chi connectivity index (χ4n) is 2.24. The molecule has 92 valence electrons. The normalized spacial score (nSPS) is 30.2. The zero-order valence-corrected chi connectivity index (χ0v) is 10.3. The van der Waals surface area contributed by atoms with E-state index in [4.69, 9.17) is 0 Å². The highest BCUT2D eigenvalue weighted by molar-refractivity contribution is 5.75. The maximum atomic E-state index is 12.1. The van der Waals surface area contributed by atoms with Gasteiger partial charge in [-0.05, 0) is 25.7 Å². The van der Waals surface area contributed by atoms with Crippen molar-refractivity contribution in [3.05, 3.63) is 0 Å². The first-order chi connectivity index (χ1) is 7.74. The first kappa shape index (κ1) is 11.7. The summed E-state index contributed by atoms with van der Waals surface area (Å²) in [6.45, 7) is 6.11. The lowest BCUT2D eigenvalue weighted by molar-refractivity contribution is 0.136. The van der Waals surface area contributed by atoms with Crippen LogP contribution in [0.4, 0.5) is 4.79 Å². The van der Waals surface area contributed by atoms with Crippen LogP contribution in [-0.2, 0) is 0 Å². The van der Waals surface area contributed by atoms with Gasteiger partial charge in [-0.1, -0.05) is 13.8 Å². The van der Waals surface area contributed by atoms with Crippen molar-refractivity contribution in [1.82, 2.24) is 15.5 Å². The van der Waals surface area contributed by atoms with E-state index >= 15 is 0 Å². The van der Waals surface area contributed by atoms with Crippen LogP contribution in [-0.4, -0.2) is 42.1 Å². The monoisotopic (exact) mass is 225 g/mol. The number of carbonyl (C=O) groups excluding carboxylic acids is 1. The summed E-state index contributed by atoms with van der Waals surface area (Å²) in [6, 6.07) is 1.43. The molecule has 0 bridgehead atoms. The molecular formula is C12H23N3O. The largest absolute Gasteiger partial charge is 0.335 e. The fourth-order valence-corrected chi connectivity index (χ4v) is 2.24. The Morgan fingerprint density at radius 2 is 2.12 bits per heavy atom. The SMILES string of the molecule is CCC1CN(C(=O)NC2CC2)C(CC)CN1. The van der Waals surface area contributed by atoms with Crippen molar-refractivity contribution in [2.45, 2.75) is 57.7 Å². The average molecular weight is 225 g/mol. The summed E-state index contributed by atoms with van der Waals surface area (Å²) in [6.07, 6.45) is 4.43. The van der Waals surface area contributed by atoms with Crippen molar-refractivity contribution in [3.63, 3.8) is 0 Å². The van der Waals surface area contributed by atoms with E-state index in [1.165, 1.54) is 0 Å². The topological polar surface area (TPSA) is 44.4 Å². The quantitative estimate of drug-likeness (QED) is 0.761. The smallest absolute Gasteiger partial charge is 0.317 e. The van der Waals surface area contributed by atoms with E-state index in [2.05, 4.69) is 24.5 Å². The molecule has 2 N–H and O–H groups in total. The standard InChI is InChI=1S/C12H23N3O/c1-3-9-8-15(11(4-2)7-13-9)12(16)14-10-5-6-10/h9-11,13H,3-8H2,1-2H3,(H,14,16). The number of piperazine rings is 1. The van der Waals surface area contributed by atoms with Crippen molar-refractivity contribution >= 4 is 6.03 Å². The molecule has 0 aromatic rings. The van der Waals surface area contributed by atoms with Crippen molar-refractivity contribution < 1.29 is 4.79 Å². The van der Waals surface area contributed by atoms with Gasteiger partial charge in [-0.25, -0.2) is 4.79 Å². The third kappa shape index (κ3) is 2.67. The van der Waals surface area contributed by atoms with E-state index in [1.807, 2.05) is 4.90 Å². The molecule has 1 saturated heterocycles. The van der Waals surface area contributed by atoms with Crippen LogP contribution in [0, 0.1) is 0 Å². The molecule has 0 spiro atoms. The van der Waals surface area contributed by atoms with Crippen LogP contribution in [0.5, 0.6) is 0 Å². The van der Waals surface area contributed by atoms with Crippen LogP contribution < -0.4 is 10.6 Å². The van der Waals surface area contributed by atoms with E-state index < -0.39 is 0 Å². The molecule has 16 heavy (non-hydrogen) atoms. The van der Waals surface area contributed by atoms with Gasteiger partial charge in [0.2, 0.25) is 0 Å². The van der Waals surface area contributed by atoms with Gasteiger partial charge in [0, 0.05) is 31.2 Å². The predicted octanol–water partition coefficient (Wildman–Crippen LogP) is 1.32. The summed E-state index contributed by atoms with van der Waals surface area (Å²) in [5, 5.41) is 6.59. The molecule has 2 aliphatic rings. The summed E-state index contributed by atoms with van der Waals surface area (Å²) in [4.78, 5) is 14.1. The molecule has 2 atom stereocenters. The summed E-state index contributed by atoms with van der Waals surface area (Å²) in [5.41, 5.74) is 0. The molecule has 0 aromatic carbocycles. The first-order valence-electron chi connectivity index (χ1n) is 6.55. The molecular weight excluding hydrogens is 202 g/mol. The maximum absolute atomic E-state index is 12.1. The summed E-state index contributed by atoms with van der Waals surface area (Å²) < 4.78 is 0. The van der Waals surface area contributed by atoms with Crippen LogP contribution >= 0.6 is 0 Å². The molecule has 2 rings (SSSR count). The number of hydrogen-bond donors (Lipinski definition) is 2. The zero-order chi connectivity index (χ0) is 11.5. The molecule has 2 amide bonds. The number of hydrogen-bond acceptors (Lipinski definition) is 2. The highest BCUT2D eigenvalue weighted by atomic mass is 16.2. The molecule has 4 nitrogen and oxygen atoms in total. The molecule has 2 fully saturated rings. The van der Waals surface area contributed by atoms with Crippen molar-refractivity contribution in [2.75, 3.05) is 13.1 Å². The minimum atomic E-state index is 0.148. The van der Waals surface area contributed by atoms with E-state index in [0.29, 0.717) is 18.1 Å². The predicted molar refractivity (Wildman–Crippen MR) is 64.4 cm³/mol. The van der Waals surface area contributed by atoms with Gasteiger partial charge in [0.15, 0.2) is 0 Å². The molecule has 2 unspecified atom stereocenters. The van der Waals surface area contributed by atoms with Gasteiger partial charge >= 0.3 is 6.03 Å². The Morgan fingerprint density at radius 3 is 2.69 bits per heavy atom. The minimum absolute atomic E-state index is 0.148. The second-order valence-corrected chi connectivity index (χ2v) is 4.95. The number of carbonyl (C=O) groups is 1. The molecule has 1 aliphatic heterocycles. The Morgan fingerprint density at radius 1 is 1.38 bits per heavy atom. The van der Waals surface area contributed by atoms with Gasteiger partial charge in [0.25, 0.3) is 0 Å². The van der Waals surface area contributed by atoms with Crippen molar-refractivity contribution in [2.24, 2.45) is 0 Å². The van der Waals surface area contributed by atoms with Crippen LogP contribution in [0.15, 0.2) is 0 Å². The van der Waals surface area contributed by atoms with Crippen LogP contribution in [0.25, 0.3) is 0 Å². The summed E-state index contributed by atoms with van der Waals surface area (Å²) in [7, 11) is 0. The molecule has 0 aromatic heterocycles. The van der Waals surface area contributed by atoms with Gasteiger partial charge in [-0.2, -0.15) is 0 Å². The van der Waals surface area contributed by atoms with Gasteiger partial charge in [0.1, 0.15) is 0 Å². The molecule has 1 aliphatic carbocycles. The Bertz CT molecular complexity index is 253. The van der Waals surface area contributed by atoms with Gasteiger partial charge in [0.05, 0.1) is 0 Å². The first-order valence-corrected chi connectivity index (χ1v) is 6.55.